The van der Waals surface area contributed by atoms with Gasteiger partial charge in [0, 0.05) is 24.0 Å². The smallest absolute Gasteiger partial charge is 0.231 e. The van der Waals surface area contributed by atoms with Crippen molar-refractivity contribution in [1.29, 1.82) is 0 Å². The summed E-state index contributed by atoms with van der Waals surface area (Å²) in [6.07, 6.45) is 1.10. The average Bonchev–Trinajstić information content (AvgIpc) is 3.04. The highest BCUT2D eigenvalue weighted by molar-refractivity contribution is 5.71. The van der Waals surface area contributed by atoms with E-state index in [1.54, 1.807) is 0 Å². The molecule has 3 heteroatoms. The Balaban J connectivity index is 1.77. The molecule has 90 valence electrons. The van der Waals surface area contributed by atoms with Crippen LogP contribution in [-0.4, -0.2) is 13.3 Å². The molecule has 0 bridgehead atoms. The van der Waals surface area contributed by atoms with Crippen LogP contribution in [0.3, 0.4) is 0 Å². The third-order valence-corrected chi connectivity index (χ3v) is 3.55. The zero-order valence-electron chi connectivity index (χ0n) is 9.93. The molecule has 0 radical (unpaired) electrons. The van der Waals surface area contributed by atoms with Gasteiger partial charge in [0.2, 0.25) is 6.79 Å². The van der Waals surface area contributed by atoms with Gasteiger partial charge in [-0.1, -0.05) is 18.2 Å². The quantitative estimate of drug-likeness (QED) is 0.763. The van der Waals surface area contributed by atoms with Gasteiger partial charge in [-0.15, -0.1) is 0 Å². The minimum atomic E-state index is 0.329. The molecular weight excluding hydrogens is 226 g/mol. The van der Waals surface area contributed by atoms with Crippen LogP contribution < -0.4 is 14.4 Å². The molecule has 3 nitrogen and oxygen atoms in total. The van der Waals surface area contributed by atoms with Gasteiger partial charge in [-0.25, -0.2) is 0 Å². The van der Waals surface area contributed by atoms with E-state index < -0.39 is 0 Å². The van der Waals surface area contributed by atoms with Crippen molar-refractivity contribution in [1.82, 2.24) is 0 Å². The van der Waals surface area contributed by atoms with Crippen LogP contribution in [0.25, 0.3) is 0 Å². The van der Waals surface area contributed by atoms with Crippen LogP contribution in [0.4, 0.5) is 11.4 Å². The molecule has 0 aliphatic carbocycles. The van der Waals surface area contributed by atoms with E-state index >= 15 is 0 Å². The van der Waals surface area contributed by atoms with Gasteiger partial charge in [-0.3, -0.25) is 0 Å². The van der Waals surface area contributed by atoms with E-state index in [9.17, 15) is 0 Å². The lowest BCUT2D eigenvalue weighted by Gasteiger charge is -2.19. The van der Waals surface area contributed by atoms with Gasteiger partial charge in [-0.2, -0.15) is 0 Å². The van der Waals surface area contributed by atoms with E-state index in [1.165, 1.54) is 16.9 Å². The molecule has 2 heterocycles. The highest BCUT2D eigenvalue weighted by Gasteiger charge is 2.22. The number of rotatable bonds is 1. The predicted molar refractivity (Wildman–Crippen MR) is 69.7 cm³/mol. The lowest BCUT2D eigenvalue weighted by atomic mass is 10.2. The van der Waals surface area contributed by atoms with E-state index in [0.29, 0.717) is 6.79 Å². The van der Waals surface area contributed by atoms with Gasteiger partial charge in [0.15, 0.2) is 11.5 Å². The molecule has 2 aromatic carbocycles. The van der Waals surface area contributed by atoms with Gasteiger partial charge in [0.05, 0.1) is 0 Å². The Morgan fingerprint density at radius 3 is 2.83 bits per heavy atom. The Morgan fingerprint density at radius 2 is 1.83 bits per heavy atom. The number of benzene rings is 2. The second kappa shape index (κ2) is 3.67. The molecule has 0 spiro atoms. The minimum Gasteiger partial charge on any atom is -0.454 e. The molecule has 0 N–H and O–H groups in total. The monoisotopic (exact) mass is 239 g/mol. The first-order valence-electron chi connectivity index (χ1n) is 6.17. The van der Waals surface area contributed by atoms with Crippen LogP contribution in [-0.2, 0) is 6.42 Å². The number of ether oxygens (including phenoxy) is 2. The highest BCUT2D eigenvalue weighted by atomic mass is 16.7. The zero-order valence-corrected chi connectivity index (χ0v) is 9.93. The van der Waals surface area contributed by atoms with Crippen LogP contribution >= 0.6 is 0 Å². The Kier molecular flexibility index (Phi) is 2.00. The Labute approximate surface area is 106 Å². The summed E-state index contributed by atoms with van der Waals surface area (Å²) in [7, 11) is 0. The Hall–Kier alpha value is -2.16. The molecule has 18 heavy (non-hydrogen) atoms. The van der Waals surface area contributed by atoms with Gasteiger partial charge in [0.1, 0.15) is 0 Å². The second-order valence-corrected chi connectivity index (χ2v) is 4.57. The largest absolute Gasteiger partial charge is 0.454 e. The van der Waals surface area contributed by atoms with Crippen LogP contribution in [0.5, 0.6) is 11.5 Å². The normalized spacial score (nSPS) is 15.9. The molecule has 0 amide bonds. The molecule has 0 saturated carbocycles. The number of hydrogen-bond acceptors (Lipinski definition) is 3. The summed E-state index contributed by atoms with van der Waals surface area (Å²) in [6, 6.07) is 14.7. The van der Waals surface area contributed by atoms with E-state index in [1.807, 2.05) is 6.07 Å². The summed E-state index contributed by atoms with van der Waals surface area (Å²) in [5.74, 6) is 1.68. The summed E-state index contributed by atoms with van der Waals surface area (Å²) >= 11 is 0. The Bertz CT molecular complexity index is 609. The van der Waals surface area contributed by atoms with Crippen molar-refractivity contribution in [3.63, 3.8) is 0 Å². The minimum absolute atomic E-state index is 0.329. The van der Waals surface area contributed by atoms with Crippen LogP contribution in [0.15, 0.2) is 42.5 Å². The summed E-state index contributed by atoms with van der Waals surface area (Å²) in [4.78, 5) is 2.33. The molecule has 0 fully saturated rings. The SMILES string of the molecule is c1ccc2c(c1)CCN2c1ccc2c(c1)OCO2. The van der Waals surface area contributed by atoms with Gasteiger partial charge < -0.3 is 14.4 Å². The maximum atomic E-state index is 5.44. The van der Waals surface area contributed by atoms with E-state index in [-0.39, 0.29) is 0 Å². The first kappa shape index (κ1) is 9.83. The molecular formula is C15H13NO2. The number of para-hydroxylation sites is 1. The van der Waals surface area contributed by atoms with Crippen molar-refractivity contribution < 1.29 is 9.47 Å². The van der Waals surface area contributed by atoms with Crippen LogP contribution in [0.1, 0.15) is 5.56 Å². The standard InChI is InChI=1S/C15H13NO2/c1-2-4-13-11(3-1)7-8-16(13)12-5-6-14-15(9-12)18-10-17-14/h1-6,9H,7-8,10H2. The zero-order chi connectivity index (χ0) is 11.9. The summed E-state index contributed by atoms with van der Waals surface area (Å²) in [5.41, 5.74) is 3.88. The number of hydrogen-bond donors (Lipinski definition) is 0. The number of fused-ring (bicyclic) bond motifs is 2. The first-order valence-corrected chi connectivity index (χ1v) is 6.17. The van der Waals surface area contributed by atoms with E-state index in [0.717, 1.165) is 24.5 Å². The van der Waals surface area contributed by atoms with Crippen molar-refractivity contribution in [2.24, 2.45) is 0 Å². The van der Waals surface area contributed by atoms with E-state index in [2.05, 4.69) is 41.3 Å². The number of anilines is 2. The fourth-order valence-corrected chi connectivity index (χ4v) is 2.66. The third-order valence-electron chi connectivity index (χ3n) is 3.55. The van der Waals surface area contributed by atoms with Crippen LogP contribution in [0.2, 0.25) is 0 Å². The average molecular weight is 239 g/mol. The summed E-state index contributed by atoms with van der Waals surface area (Å²) < 4.78 is 10.8. The predicted octanol–water partition coefficient (Wildman–Crippen LogP) is 3.11. The van der Waals surface area contributed by atoms with Crippen molar-refractivity contribution >= 4 is 11.4 Å². The summed E-state index contributed by atoms with van der Waals surface area (Å²) in [5, 5.41) is 0. The lowest BCUT2D eigenvalue weighted by molar-refractivity contribution is 0.174. The molecule has 2 aromatic rings. The lowest BCUT2D eigenvalue weighted by Crippen LogP contribution is -2.12. The highest BCUT2D eigenvalue weighted by Crippen LogP contribution is 2.40. The van der Waals surface area contributed by atoms with Crippen molar-refractivity contribution in [3.8, 4) is 11.5 Å². The van der Waals surface area contributed by atoms with Crippen LogP contribution in [0, 0.1) is 0 Å². The molecule has 2 aliphatic rings. The molecule has 2 aliphatic heterocycles. The maximum Gasteiger partial charge on any atom is 0.231 e. The van der Waals surface area contributed by atoms with Crippen molar-refractivity contribution in [2.75, 3.05) is 18.2 Å². The van der Waals surface area contributed by atoms with Crippen molar-refractivity contribution in [3.05, 3.63) is 48.0 Å². The maximum absolute atomic E-state index is 5.44. The molecule has 4 rings (SSSR count). The third kappa shape index (κ3) is 1.37. The second-order valence-electron chi connectivity index (χ2n) is 4.57. The molecule has 0 unspecified atom stereocenters. The fourth-order valence-electron chi connectivity index (χ4n) is 2.66. The van der Waals surface area contributed by atoms with E-state index in [4.69, 9.17) is 9.47 Å². The first-order chi connectivity index (χ1) is 8.92. The molecule has 0 aromatic heterocycles. The summed E-state index contributed by atoms with van der Waals surface area (Å²) in [6.45, 7) is 1.36. The topological polar surface area (TPSA) is 21.7 Å². The number of nitrogens with zero attached hydrogens (tertiary/aromatic N) is 1. The molecule has 0 atom stereocenters. The Morgan fingerprint density at radius 1 is 0.944 bits per heavy atom. The van der Waals surface area contributed by atoms with Gasteiger partial charge in [0.25, 0.3) is 0 Å². The van der Waals surface area contributed by atoms with Gasteiger partial charge in [-0.05, 0) is 30.2 Å². The van der Waals surface area contributed by atoms with Gasteiger partial charge >= 0.3 is 0 Å². The van der Waals surface area contributed by atoms with Crippen molar-refractivity contribution in [2.45, 2.75) is 6.42 Å². The fraction of sp³-hybridized carbons (Fsp3) is 0.200. The molecule has 0 saturated heterocycles.